The van der Waals surface area contributed by atoms with E-state index in [1.807, 2.05) is 0 Å². The Morgan fingerprint density at radius 1 is 0.853 bits per heavy atom. The maximum atomic E-state index is 6.44. The Bertz CT molecular complexity index is 1040. The average molecular weight is 474 g/mol. The van der Waals surface area contributed by atoms with Gasteiger partial charge in [-0.3, -0.25) is 4.90 Å². The van der Waals surface area contributed by atoms with Crippen molar-refractivity contribution in [1.29, 1.82) is 0 Å². The summed E-state index contributed by atoms with van der Waals surface area (Å²) in [5.74, 6) is 1.03. The number of likely N-dealkylation sites (tertiary alicyclic amines) is 1. The Balaban J connectivity index is 1.62. The van der Waals surface area contributed by atoms with E-state index in [4.69, 9.17) is 4.74 Å². The molecule has 0 radical (unpaired) electrons. The van der Waals surface area contributed by atoms with Gasteiger partial charge in [-0.1, -0.05) is 101 Å². The van der Waals surface area contributed by atoms with Crippen molar-refractivity contribution in [3.05, 3.63) is 95.1 Å². The maximum absolute atomic E-state index is 6.44. The lowest BCUT2D eigenvalue weighted by atomic mass is 9.92. The number of hydrogen-bond acceptors (Lipinski definition) is 2. The van der Waals surface area contributed by atoms with Crippen LogP contribution in [0.4, 0.5) is 0 Å². The zero-order valence-corrected chi connectivity index (χ0v) is 22.1. The monoisotopic (exact) mass is 473 g/mol. The lowest BCUT2D eigenvalue weighted by Crippen LogP contribution is -2.31. The topological polar surface area (TPSA) is 12.5 Å². The quantitative estimate of drug-likeness (QED) is 0.281. The molecule has 0 aromatic heterocycles. The number of aryl methyl sites for hydroxylation is 1. The summed E-state index contributed by atoms with van der Waals surface area (Å²) in [4.78, 5) is 2.66. The molecule has 1 heterocycles. The number of hydrogen-bond donors (Lipinski definition) is 0. The fourth-order valence-electron chi connectivity index (χ4n) is 5.19. The predicted molar refractivity (Wildman–Crippen MR) is 148 cm³/mol. The van der Waals surface area contributed by atoms with Crippen LogP contribution in [0.25, 0.3) is 0 Å². The zero-order valence-electron chi connectivity index (χ0n) is 21.1. The summed E-state index contributed by atoms with van der Waals surface area (Å²) >= 11 is 0. The van der Waals surface area contributed by atoms with Gasteiger partial charge in [0.2, 0.25) is 0 Å². The summed E-state index contributed by atoms with van der Waals surface area (Å²) in [6.07, 6.45) is 6.26. The van der Waals surface area contributed by atoms with Crippen LogP contribution in [0.3, 0.4) is 0 Å². The summed E-state index contributed by atoms with van der Waals surface area (Å²) in [5.41, 5.74) is 5.46. The Hall–Kier alpha value is -2.15. The highest BCUT2D eigenvalue weighted by Gasteiger charge is 2.32. The largest absolute Gasteiger partial charge is 0.489 e. The molecule has 0 bridgehead atoms. The molecule has 4 rings (SSSR count). The van der Waals surface area contributed by atoms with E-state index < -0.39 is 0 Å². The van der Waals surface area contributed by atoms with Crippen LogP contribution in [0.2, 0.25) is 0 Å². The van der Waals surface area contributed by atoms with Gasteiger partial charge in [0.05, 0.1) is 0 Å². The molecule has 1 saturated heterocycles. The first-order chi connectivity index (χ1) is 16.6. The second kappa shape index (κ2) is 12.0. The van der Waals surface area contributed by atoms with Gasteiger partial charge < -0.3 is 4.74 Å². The smallest absolute Gasteiger partial charge is 0.123 e. The minimum atomic E-state index is 0.0825. The molecule has 1 unspecified atom stereocenters. The number of para-hydroxylation sites is 1. The Morgan fingerprint density at radius 2 is 1.56 bits per heavy atom. The van der Waals surface area contributed by atoms with Gasteiger partial charge in [0, 0.05) is 17.3 Å². The molecular formula is C31H40NOP. The summed E-state index contributed by atoms with van der Waals surface area (Å²) in [7, 11) is 0.720. The van der Waals surface area contributed by atoms with Crippen LogP contribution in [0, 0.1) is 6.92 Å². The SMILES string of the molecule is CCC(CC)(Pc1ccc(C)cc1CN1CCCCC1)c1ccccc1OCc1ccccc1. The third-order valence-electron chi connectivity index (χ3n) is 7.32. The van der Waals surface area contributed by atoms with E-state index in [-0.39, 0.29) is 5.16 Å². The molecule has 0 saturated carbocycles. The van der Waals surface area contributed by atoms with Crippen molar-refractivity contribution >= 4 is 13.9 Å². The van der Waals surface area contributed by atoms with Gasteiger partial charge in [0.25, 0.3) is 0 Å². The highest BCUT2D eigenvalue weighted by atomic mass is 31.1. The average Bonchev–Trinajstić information content (AvgIpc) is 2.89. The molecule has 2 nitrogen and oxygen atoms in total. The third-order valence-corrected chi connectivity index (χ3v) is 9.54. The molecule has 0 aliphatic carbocycles. The minimum Gasteiger partial charge on any atom is -0.489 e. The van der Waals surface area contributed by atoms with E-state index in [1.54, 1.807) is 0 Å². The summed E-state index contributed by atoms with van der Waals surface area (Å²) in [6, 6.07) is 26.4. The highest BCUT2D eigenvalue weighted by Crippen LogP contribution is 2.50. The summed E-state index contributed by atoms with van der Waals surface area (Å²) < 4.78 is 6.44. The third kappa shape index (κ3) is 6.09. The molecule has 3 aromatic rings. The van der Waals surface area contributed by atoms with Gasteiger partial charge in [0.15, 0.2) is 0 Å². The Labute approximate surface area is 208 Å². The number of benzene rings is 3. The van der Waals surface area contributed by atoms with Crippen LogP contribution in [0.1, 0.15) is 68.2 Å². The van der Waals surface area contributed by atoms with E-state index in [1.165, 1.54) is 59.9 Å². The molecule has 3 heteroatoms. The molecule has 34 heavy (non-hydrogen) atoms. The molecule has 1 atom stereocenters. The van der Waals surface area contributed by atoms with E-state index >= 15 is 0 Å². The number of ether oxygens (including phenoxy) is 1. The van der Waals surface area contributed by atoms with Crippen LogP contribution in [-0.2, 0) is 18.3 Å². The fraction of sp³-hybridized carbons (Fsp3) is 0.419. The van der Waals surface area contributed by atoms with Crippen LogP contribution in [0.5, 0.6) is 5.75 Å². The predicted octanol–water partition coefficient (Wildman–Crippen LogP) is 7.58. The summed E-state index contributed by atoms with van der Waals surface area (Å²) in [6.45, 7) is 11.1. The van der Waals surface area contributed by atoms with E-state index in [2.05, 4.69) is 98.5 Å². The van der Waals surface area contributed by atoms with E-state index in [0.29, 0.717) is 6.61 Å². The maximum Gasteiger partial charge on any atom is 0.123 e. The second-order valence-electron chi connectivity index (χ2n) is 9.68. The molecule has 180 valence electrons. The number of nitrogens with zero attached hydrogens (tertiary/aromatic N) is 1. The standard InChI is InChI=1S/C31H40NOP/c1-4-31(5-2,28-16-10-11-17-29(28)33-24-26-14-8-6-9-15-26)34-30-19-18-25(3)22-27(30)23-32-20-12-7-13-21-32/h6,8-11,14-19,22,34H,4-5,7,12-13,20-21,23-24H2,1-3H3. The van der Waals surface area contributed by atoms with Gasteiger partial charge in [-0.25, -0.2) is 0 Å². The van der Waals surface area contributed by atoms with Crippen molar-refractivity contribution in [3.8, 4) is 5.75 Å². The number of piperidine rings is 1. The second-order valence-corrected chi connectivity index (χ2v) is 11.4. The van der Waals surface area contributed by atoms with Crippen LogP contribution < -0.4 is 10.0 Å². The lowest BCUT2D eigenvalue weighted by Gasteiger charge is -2.35. The Kier molecular flexibility index (Phi) is 8.81. The molecule has 1 aliphatic heterocycles. The Morgan fingerprint density at radius 3 is 2.29 bits per heavy atom. The van der Waals surface area contributed by atoms with Gasteiger partial charge in [-0.15, -0.1) is 0 Å². The van der Waals surface area contributed by atoms with Gasteiger partial charge in [0.1, 0.15) is 12.4 Å². The molecule has 0 spiro atoms. The number of rotatable bonds is 10. The molecule has 1 fully saturated rings. The molecule has 3 aromatic carbocycles. The van der Waals surface area contributed by atoms with Gasteiger partial charge in [-0.05, 0) is 68.2 Å². The van der Waals surface area contributed by atoms with Crippen molar-refractivity contribution in [3.63, 3.8) is 0 Å². The van der Waals surface area contributed by atoms with E-state index in [0.717, 1.165) is 33.7 Å². The zero-order chi connectivity index (χ0) is 23.8. The van der Waals surface area contributed by atoms with Crippen molar-refractivity contribution in [2.24, 2.45) is 0 Å². The molecule has 0 amide bonds. The van der Waals surface area contributed by atoms with Gasteiger partial charge >= 0.3 is 0 Å². The lowest BCUT2D eigenvalue weighted by molar-refractivity contribution is 0.221. The molecule has 0 N–H and O–H groups in total. The fourth-order valence-corrected chi connectivity index (χ4v) is 6.88. The van der Waals surface area contributed by atoms with Crippen LogP contribution in [-0.4, -0.2) is 18.0 Å². The molecule has 1 aliphatic rings. The van der Waals surface area contributed by atoms with Crippen LogP contribution in [0.15, 0.2) is 72.8 Å². The first-order valence-electron chi connectivity index (χ1n) is 13.0. The van der Waals surface area contributed by atoms with Crippen molar-refractivity contribution in [2.45, 2.75) is 71.2 Å². The molecular weight excluding hydrogens is 433 g/mol. The van der Waals surface area contributed by atoms with Gasteiger partial charge in [-0.2, -0.15) is 0 Å². The first-order valence-corrected chi connectivity index (χ1v) is 14.0. The normalized spacial score (nSPS) is 15.1. The summed E-state index contributed by atoms with van der Waals surface area (Å²) in [5, 5.41) is 1.61. The van der Waals surface area contributed by atoms with E-state index in [9.17, 15) is 0 Å². The van der Waals surface area contributed by atoms with Crippen molar-refractivity contribution in [2.75, 3.05) is 13.1 Å². The first kappa shape index (κ1) is 25.0. The van der Waals surface area contributed by atoms with Crippen molar-refractivity contribution < 1.29 is 4.74 Å². The van der Waals surface area contributed by atoms with Crippen LogP contribution >= 0.6 is 8.58 Å². The van der Waals surface area contributed by atoms with Crippen molar-refractivity contribution in [1.82, 2.24) is 4.90 Å². The minimum absolute atomic E-state index is 0.0825. The highest BCUT2D eigenvalue weighted by molar-refractivity contribution is 7.48.